The van der Waals surface area contributed by atoms with Gasteiger partial charge in [-0.1, -0.05) is 30.3 Å². The summed E-state index contributed by atoms with van der Waals surface area (Å²) in [5.74, 6) is -0.507. The topological polar surface area (TPSA) is 94.1 Å². The number of carbonyl (C=O) groups excluding carboxylic acids is 2. The summed E-state index contributed by atoms with van der Waals surface area (Å²) in [6, 6.07) is 15.1. The Labute approximate surface area is 161 Å². The van der Waals surface area contributed by atoms with Gasteiger partial charge in [-0.25, -0.2) is 4.79 Å². The number of hydrogen-bond donors (Lipinski definition) is 2. The monoisotopic (exact) mass is 381 g/mol. The molecule has 0 spiro atoms. The van der Waals surface area contributed by atoms with E-state index in [1.165, 1.54) is 20.3 Å². The van der Waals surface area contributed by atoms with E-state index in [1.54, 1.807) is 36.4 Å². The Morgan fingerprint density at radius 1 is 0.964 bits per heavy atom. The van der Waals surface area contributed by atoms with Crippen LogP contribution in [0.5, 0.6) is 17.2 Å². The first-order valence-electron chi connectivity index (χ1n) is 8.43. The van der Waals surface area contributed by atoms with Gasteiger partial charge in [-0.05, 0) is 23.6 Å². The van der Waals surface area contributed by atoms with Crippen molar-refractivity contribution in [3.05, 3.63) is 60.2 Å². The standard InChI is InChI=1S/C21H19NO6/c1-26-17-10-8-14(11-18(17)27-2)22-19(23)12-28-21(25)16-9-7-13-5-3-4-6-15(13)20(16)24/h3-11,24H,12H2,1-2H3,(H,22,23). The number of nitrogens with one attached hydrogen (secondary N) is 1. The molecule has 3 aromatic rings. The molecule has 144 valence electrons. The maximum atomic E-state index is 12.3. The number of benzene rings is 3. The molecule has 0 aromatic heterocycles. The van der Waals surface area contributed by atoms with E-state index in [0.717, 1.165) is 5.39 Å². The Hall–Kier alpha value is -3.74. The predicted molar refractivity (Wildman–Crippen MR) is 104 cm³/mol. The second kappa shape index (κ2) is 8.30. The van der Waals surface area contributed by atoms with E-state index < -0.39 is 18.5 Å². The molecule has 3 aromatic carbocycles. The second-order valence-electron chi connectivity index (χ2n) is 5.88. The van der Waals surface area contributed by atoms with Gasteiger partial charge in [0.05, 0.1) is 14.2 Å². The van der Waals surface area contributed by atoms with Crippen molar-refractivity contribution in [2.75, 3.05) is 26.1 Å². The molecule has 0 aliphatic heterocycles. The lowest BCUT2D eigenvalue weighted by Gasteiger charge is -2.11. The normalized spacial score (nSPS) is 10.4. The van der Waals surface area contributed by atoms with Crippen molar-refractivity contribution in [2.45, 2.75) is 0 Å². The maximum Gasteiger partial charge on any atom is 0.342 e. The molecule has 1 amide bonds. The lowest BCUT2D eigenvalue weighted by Crippen LogP contribution is -2.21. The third-order valence-electron chi connectivity index (χ3n) is 4.12. The first kappa shape index (κ1) is 19.0. The molecule has 0 radical (unpaired) electrons. The number of carbonyl (C=O) groups is 2. The zero-order valence-electron chi connectivity index (χ0n) is 15.4. The van der Waals surface area contributed by atoms with Gasteiger partial charge in [0, 0.05) is 17.1 Å². The highest BCUT2D eigenvalue weighted by molar-refractivity contribution is 6.02. The Bertz CT molecular complexity index is 1030. The van der Waals surface area contributed by atoms with Gasteiger partial charge in [-0.3, -0.25) is 4.79 Å². The van der Waals surface area contributed by atoms with Crippen molar-refractivity contribution in [3.63, 3.8) is 0 Å². The van der Waals surface area contributed by atoms with Crippen LogP contribution in [0.2, 0.25) is 0 Å². The van der Waals surface area contributed by atoms with E-state index in [-0.39, 0.29) is 11.3 Å². The van der Waals surface area contributed by atoms with E-state index in [9.17, 15) is 14.7 Å². The Balaban J connectivity index is 1.65. The van der Waals surface area contributed by atoms with E-state index >= 15 is 0 Å². The van der Waals surface area contributed by atoms with Crippen LogP contribution in [-0.2, 0) is 9.53 Å². The van der Waals surface area contributed by atoms with Gasteiger partial charge >= 0.3 is 5.97 Å². The van der Waals surface area contributed by atoms with Crippen LogP contribution in [0, 0.1) is 0 Å². The molecule has 0 unspecified atom stereocenters. The van der Waals surface area contributed by atoms with Gasteiger partial charge in [0.25, 0.3) is 5.91 Å². The summed E-state index contributed by atoms with van der Waals surface area (Å²) in [7, 11) is 3.00. The highest BCUT2D eigenvalue weighted by Gasteiger charge is 2.17. The lowest BCUT2D eigenvalue weighted by molar-refractivity contribution is -0.119. The minimum absolute atomic E-state index is 0.00221. The average Bonchev–Trinajstić information content (AvgIpc) is 2.72. The number of amides is 1. The highest BCUT2D eigenvalue weighted by atomic mass is 16.5. The Morgan fingerprint density at radius 3 is 2.46 bits per heavy atom. The van der Waals surface area contributed by atoms with Crippen molar-refractivity contribution >= 4 is 28.3 Å². The molecule has 0 fully saturated rings. The predicted octanol–water partition coefficient (Wildman–Crippen LogP) is 3.36. The molecule has 0 atom stereocenters. The number of methoxy groups -OCH3 is 2. The molecular weight excluding hydrogens is 362 g/mol. The van der Waals surface area contributed by atoms with Crippen molar-refractivity contribution in [3.8, 4) is 17.2 Å². The molecular formula is C21H19NO6. The van der Waals surface area contributed by atoms with Crippen LogP contribution in [0.4, 0.5) is 5.69 Å². The van der Waals surface area contributed by atoms with Crippen LogP contribution in [0.15, 0.2) is 54.6 Å². The number of aromatic hydroxyl groups is 1. The summed E-state index contributed by atoms with van der Waals surface area (Å²) < 4.78 is 15.3. The van der Waals surface area contributed by atoms with Gasteiger partial charge < -0.3 is 24.6 Å². The van der Waals surface area contributed by atoms with Crippen LogP contribution in [-0.4, -0.2) is 37.8 Å². The summed E-state index contributed by atoms with van der Waals surface area (Å²) in [6.07, 6.45) is 0. The zero-order chi connectivity index (χ0) is 20.1. The van der Waals surface area contributed by atoms with Crippen LogP contribution < -0.4 is 14.8 Å². The fourth-order valence-electron chi connectivity index (χ4n) is 2.74. The van der Waals surface area contributed by atoms with Crippen molar-refractivity contribution in [2.24, 2.45) is 0 Å². The molecule has 0 saturated heterocycles. The number of anilines is 1. The molecule has 2 N–H and O–H groups in total. The summed E-state index contributed by atoms with van der Waals surface area (Å²) in [5, 5.41) is 14.2. The smallest absolute Gasteiger partial charge is 0.342 e. The molecule has 0 aliphatic rings. The fraction of sp³-hybridized carbons (Fsp3) is 0.143. The van der Waals surface area contributed by atoms with Gasteiger partial charge in [0.15, 0.2) is 18.1 Å². The number of esters is 1. The van der Waals surface area contributed by atoms with Gasteiger partial charge in [0.1, 0.15) is 11.3 Å². The lowest BCUT2D eigenvalue weighted by atomic mass is 10.1. The van der Waals surface area contributed by atoms with E-state index in [1.807, 2.05) is 12.1 Å². The first-order valence-corrected chi connectivity index (χ1v) is 8.43. The number of hydrogen-bond acceptors (Lipinski definition) is 6. The highest BCUT2D eigenvalue weighted by Crippen LogP contribution is 2.30. The minimum atomic E-state index is -0.786. The van der Waals surface area contributed by atoms with E-state index in [4.69, 9.17) is 14.2 Å². The molecule has 28 heavy (non-hydrogen) atoms. The Kier molecular flexibility index (Phi) is 5.64. The number of fused-ring (bicyclic) bond motifs is 1. The third-order valence-corrected chi connectivity index (χ3v) is 4.12. The fourth-order valence-corrected chi connectivity index (χ4v) is 2.74. The van der Waals surface area contributed by atoms with Gasteiger partial charge in [-0.2, -0.15) is 0 Å². The Morgan fingerprint density at radius 2 is 1.71 bits per heavy atom. The molecule has 7 heteroatoms. The molecule has 0 saturated carbocycles. The zero-order valence-corrected chi connectivity index (χ0v) is 15.4. The molecule has 0 aliphatic carbocycles. The van der Waals surface area contributed by atoms with Crippen LogP contribution in [0.25, 0.3) is 10.8 Å². The number of rotatable bonds is 6. The number of phenols is 1. The van der Waals surface area contributed by atoms with Gasteiger partial charge in [-0.15, -0.1) is 0 Å². The first-order chi connectivity index (χ1) is 13.5. The largest absolute Gasteiger partial charge is 0.506 e. The summed E-state index contributed by atoms with van der Waals surface area (Å²) in [5.41, 5.74) is 0.463. The van der Waals surface area contributed by atoms with Crippen molar-refractivity contribution in [1.29, 1.82) is 0 Å². The number of ether oxygens (including phenoxy) is 3. The third kappa shape index (κ3) is 3.98. The SMILES string of the molecule is COc1ccc(NC(=O)COC(=O)c2ccc3ccccc3c2O)cc1OC. The van der Waals surface area contributed by atoms with E-state index in [2.05, 4.69) is 5.32 Å². The minimum Gasteiger partial charge on any atom is -0.506 e. The molecule has 0 heterocycles. The van der Waals surface area contributed by atoms with Crippen LogP contribution in [0.3, 0.4) is 0 Å². The van der Waals surface area contributed by atoms with Gasteiger partial charge in [0.2, 0.25) is 0 Å². The van der Waals surface area contributed by atoms with E-state index in [0.29, 0.717) is 22.6 Å². The van der Waals surface area contributed by atoms with Crippen LogP contribution >= 0.6 is 0 Å². The average molecular weight is 381 g/mol. The molecule has 7 nitrogen and oxygen atoms in total. The molecule has 3 rings (SSSR count). The second-order valence-corrected chi connectivity index (χ2v) is 5.88. The van der Waals surface area contributed by atoms with Crippen LogP contribution in [0.1, 0.15) is 10.4 Å². The quantitative estimate of drug-likeness (QED) is 0.636. The summed E-state index contributed by atoms with van der Waals surface area (Å²) in [4.78, 5) is 24.3. The summed E-state index contributed by atoms with van der Waals surface area (Å²) in [6.45, 7) is -0.501. The maximum absolute atomic E-state index is 12.3. The molecule has 0 bridgehead atoms. The van der Waals surface area contributed by atoms with Crippen molar-refractivity contribution < 1.29 is 28.9 Å². The number of phenolic OH excluding ortho intramolecular Hbond substituents is 1. The van der Waals surface area contributed by atoms with Crippen molar-refractivity contribution in [1.82, 2.24) is 0 Å². The summed E-state index contributed by atoms with van der Waals surface area (Å²) >= 11 is 0.